The molecule has 1 amide bonds. The van der Waals surface area contributed by atoms with Gasteiger partial charge in [0.25, 0.3) is 0 Å². The molecule has 3 nitrogen and oxygen atoms in total. The van der Waals surface area contributed by atoms with Gasteiger partial charge >= 0.3 is 0 Å². The molecule has 1 atom stereocenters. The van der Waals surface area contributed by atoms with E-state index in [2.05, 4.69) is 24.5 Å². The third-order valence-corrected chi connectivity index (χ3v) is 2.30. The molecule has 13 heavy (non-hydrogen) atoms. The van der Waals surface area contributed by atoms with Crippen LogP contribution >= 0.6 is 0 Å². The van der Waals surface area contributed by atoms with Gasteiger partial charge in [-0.3, -0.25) is 4.79 Å². The van der Waals surface area contributed by atoms with Crippen LogP contribution in [0.4, 0.5) is 0 Å². The van der Waals surface area contributed by atoms with E-state index in [0.717, 1.165) is 13.1 Å². The summed E-state index contributed by atoms with van der Waals surface area (Å²) >= 11 is 0. The minimum absolute atomic E-state index is 0.184. The van der Waals surface area contributed by atoms with E-state index in [-0.39, 0.29) is 5.91 Å². The van der Waals surface area contributed by atoms with Gasteiger partial charge in [0.1, 0.15) is 0 Å². The third-order valence-electron chi connectivity index (χ3n) is 2.30. The lowest BCUT2D eigenvalue weighted by atomic mass is 10.1. The standard InChI is InChI=1S/C10H20N2O/c1-8(2)6-10(13)12-7-9-4-3-5-11-9/h8-9,11H,3-7H2,1-2H3,(H,12,13). The van der Waals surface area contributed by atoms with Gasteiger partial charge in [0.05, 0.1) is 0 Å². The zero-order valence-electron chi connectivity index (χ0n) is 8.60. The molecule has 3 heteroatoms. The number of hydrogen-bond acceptors (Lipinski definition) is 2. The second-order valence-corrected chi connectivity index (χ2v) is 4.20. The van der Waals surface area contributed by atoms with Crippen molar-refractivity contribution in [3.63, 3.8) is 0 Å². The summed E-state index contributed by atoms with van der Waals surface area (Å²) in [6.45, 7) is 6.02. The van der Waals surface area contributed by atoms with Gasteiger partial charge in [-0.25, -0.2) is 0 Å². The second kappa shape index (κ2) is 5.22. The quantitative estimate of drug-likeness (QED) is 0.681. The van der Waals surface area contributed by atoms with E-state index in [4.69, 9.17) is 0 Å². The Hall–Kier alpha value is -0.570. The smallest absolute Gasteiger partial charge is 0.220 e. The van der Waals surface area contributed by atoms with E-state index < -0.39 is 0 Å². The fourth-order valence-electron chi connectivity index (χ4n) is 1.61. The molecule has 0 aliphatic carbocycles. The monoisotopic (exact) mass is 184 g/mol. The molecule has 0 aromatic carbocycles. The van der Waals surface area contributed by atoms with Crippen LogP contribution in [-0.2, 0) is 4.79 Å². The van der Waals surface area contributed by atoms with Crippen LogP contribution in [-0.4, -0.2) is 25.0 Å². The molecule has 0 saturated carbocycles. The Morgan fingerprint density at radius 2 is 2.38 bits per heavy atom. The molecule has 1 saturated heterocycles. The third kappa shape index (κ3) is 4.27. The first kappa shape index (κ1) is 10.5. The average molecular weight is 184 g/mol. The number of hydrogen-bond donors (Lipinski definition) is 2. The predicted octanol–water partition coefficient (Wildman–Crippen LogP) is 0.901. The first-order chi connectivity index (χ1) is 6.18. The van der Waals surface area contributed by atoms with Gasteiger partial charge in [0.15, 0.2) is 0 Å². The van der Waals surface area contributed by atoms with Crippen molar-refractivity contribution in [1.29, 1.82) is 0 Å². The number of amides is 1. The fraction of sp³-hybridized carbons (Fsp3) is 0.900. The van der Waals surface area contributed by atoms with Gasteiger partial charge in [-0.15, -0.1) is 0 Å². The number of carbonyl (C=O) groups excluding carboxylic acids is 1. The molecule has 1 heterocycles. The van der Waals surface area contributed by atoms with E-state index in [1.807, 2.05) is 0 Å². The largest absolute Gasteiger partial charge is 0.355 e. The topological polar surface area (TPSA) is 41.1 Å². The number of nitrogens with one attached hydrogen (secondary N) is 2. The van der Waals surface area contributed by atoms with Crippen LogP contribution in [0.2, 0.25) is 0 Å². The van der Waals surface area contributed by atoms with Crippen molar-refractivity contribution in [2.75, 3.05) is 13.1 Å². The molecule has 1 aliphatic rings. The first-order valence-electron chi connectivity index (χ1n) is 5.18. The highest BCUT2D eigenvalue weighted by Crippen LogP contribution is 2.04. The Morgan fingerprint density at radius 1 is 1.62 bits per heavy atom. The summed E-state index contributed by atoms with van der Waals surface area (Å²) in [4.78, 5) is 11.3. The zero-order chi connectivity index (χ0) is 9.68. The fourth-order valence-corrected chi connectivity index (χ4v) is 1.61. The van der Waals surface area contributed by atoms with Gasteiger partial charge in [-0.2, -0.15) is 0 Å². The van der Waals surface area contributed by atoms with Gasteiger partial charge in [0.2, 0.25) is 5.91 Å². The summed E-state index contributed by atoms with van der Waals surface area (Å²) in [5, 5.41) is 6.31. The molecule has 0 bridgehead atoms. The molecule has 76 valence electrons. The zero-order valence-corrected chi connectivity index (χ0v) is 8.60. The summed E-state index contributed by atoms with van der Waals surface area (Å²) < 4.78 is 0. The van der Waals surface area contributed by atoms with E-state index in [0.29, 0.717) is 18.4 Å². The molecular formula is C10H20N2O. The number of carbonyl (C=O) groups is 1. The minimum atomic E-state index is 0.184. The summed E-state index contributed by atoms with van der Waals surface area (Å²) in [5.41, 5.74) is 0. The molecule has 0 aromatic heterocycles. The van der Waals surface area contributed by atoms with Gasteiger partial charge in [0, 0.05) is 19.0 Å². The van der Waals surface area contributed by atoms with E-state index in [1.54, 1.807) is 0 Å². The van der Waals surface area contributed by atoms with E-state index in [1.165, 1.54) is 12.8 Å². The molecule has 2 N–H and O–H groups in total. The van der Waals surface area contributed by atoms with Crippen molar-refractivity contribution in [1.82, 2.24) is 10.6 Å². The van der Waals surface area contributed by atoms with Crippen molar-refractivity contribution in [3.05, 3.63) is 0 Å². The van der Waals surface area contributed by atoms with Gasteiger partial charge in [-0.1, -0.05) is 13.8 Å². The lowest BCUT2D eigenvalue weighted by molar-refractivity contribution is -0.121. The van der Waals surface area contributed by atoms with E-state index >= 15 is 0 Å². The minimum Gasteiger partial charge on any atom is -0.355 e. The van der Waals surface area contributed by atoms with Crippen LogP contribution in [0.15, 0.2) is 0 Å². The van der Waals surface area contributed by atoms with Crippen LogP contribution in [0.25, 0.3) is 0 Å². The predicted molar refractivity (Wildman–Crippen MR) is 53.5 cm³/mol. The molecule has 0 spiro atoms. The summed E-state index contributed by atoms with van der Waals surface area (Å²) in [6, 6.07) is 0.510. The Morgan fingerprint density at radius 3 is 2.92 bits per heavy atom. The maximum Gasteiger partial charge on any atom is 0.220 e. The van der Waals surface area contributed by atoms with Crippen LogP contribution in [0.5, 0.6) is 0 Å². The average Bonchev–Trinajstić information content (AvgIpc) is 2.51. The van der Waals surface area contributed by atoms with Crippen molar-refractivity contribution < 1.29 is 4.79 Å². The maximum absolute atomic E-state index is 11.3. The Kier molecular flexibility index (Phi) is 4.22. The van der Waals surface area contributed by atoms with Gasteiger partial charge in [-0.05, 0) is 25.3 Å². The summed E-state index contributed by atoms with van der Waals surface area (Å²) in [7, 11) is 0. The van der Waals surface area contributed by atoms with Gasteiger partial charge < -0.3 is 10.6 Å². The highest BCUT2D eigenvalue weighted by molar-refractivity contribution is 5.76. The SMILES string of the molecule is CC(C)CC(=O)NCC1CCCN1. The number of rotatable bonds is 4. The van der Waals surface area contributed by atoms with Crippen LogP contribution < -0.4 is 10.6 Å². The first-order valence-corrected chi connectivity index (χ1v) is 5.18. The molecule has 1 unspecified atom stereocenters. The summed E-state index contributed by atoms with van der Waals surface area (Å²) in [5.74, 6) is 0.639. The van der Waals surface area contributed by atoms with Crippen LogP contribution in [0.1, 0.15) is 33.1 Å². The molecule has 0 aromatic rings. The van der Waals surface area contributed by atoms with Crippen molar-refractivity contribution in [2.24, 2.45) is 5.92 Å². The molecule has 1 aliphatic heterocycles. The van der Waals surface area contributed by atoms with Crippen LogP contribution in [0, 0.1) is 5.92 Å². The summed E-state index contributed by atoms with van der Waals surface area (Å²) in [6.07, 6.45) is 3.08. The van der Waals surface area contributed by atoms with Crippen molar-refractivity contribution >= 4 is 5.91 Å². The molecule has 1 fully saturated rings. The highest BCUT2D eigenvalue weighted by atomic mass is 16.1. The van der Waals surface area contributed by atoms with Crippen molar-refractivity contribution in [2.45, 2.75) is 39.2 Å². The highest BCUT2D eigenvalue weighted by Gasteiger charge is 2.14. The molecule has 0 radical (unpaired) electrons. The maximum atomic E-state index is 11.3. The Balaban J connectivity index is 2.07. The van der Waals surface area contributed by atoms with Crippen LogP contribution in [0.3, 0.4) is 0 Å². The second-order valence-electron chi connectivity index (χ2n) is 4.20. The lowest BCUT2D eigenvalue weighted by Gasteiger charge is -2.12. The normalized spacial score (nSPS) is 22.2. The Bertz CT molecular complexity index is 162. The molecule has 1 rings (SSSR count). The van der Waals surface area contributed by atoms with Crippen molar-refractivity contribution in [3.8, 4) is 0 Å². The Labute approximate surface area is 80.3 Å². The van der Waals surface area contributed by atoms with E-state index in [9.17, 15) is 4.79 Å². The molecular weight excluding hydrogens is 164 g/mol. The lowest BCUT2D eigenvalue weighted by Crippen LogP contribution is -2.37.